The van der Waals surface area contributed by atoms with Crippen molar-refractivity contribution < 1.29 is 33.6 Å². The zero-order valence-corrected chi connectivity index (χ0v) is 22.8. The average Bonchev–Trinajstić information content (AvgIpc) is 3.22. The van der Waals surface area contributed by atoms with E-state index in [9.17, 15) is 14.7 Å². The number of hydrogen-bond acceptors (Lipinski definition) is 8. The molecule has 0 saturated carbocycles. The molecule has 0 spiro atoms. The molecule has 0 aliphatic rings. The van der Waals surface area contributed by atoms with Gasteiger partial charge in [0, 0.05) is 19.0 Å². The van der Waals surface area contributed by atoms with Gasteiger partial charge in [-0.2, -0.15) is 0 Å². The molecule has 0 bridgehead atoms. The van der Waals surface area contributed by atoms with Gasteiger partial charge in [0.1, 0.15) is 5.82 Å². The summed E-state index contributed by atoms with van der Waals surface area (Å²) in [6, 6.07) is 8.48. The lowest BCUT2D eigenvalue weighted by Gasteiger charge is -2.20. The molecule has 3 aromatic rings. The summed E-state index contributed by atoms with van der Waals surface area (Å²) in [5.74, 6) is -0.0851. The zero-order chi connectivity index (χ0) is 27.8. The second kappa shape index (κ2) is 13.0. The van der Waals surface area contributed by atoms with Crippen molar-refractivity contribution >= 4 is 29.2 Å². The second-order valence-corrected chi connectivity index (χ2v) is 8.73. The van der Waals surface area contributed by atoms with Crippen LogP contribution in [0.25, 0.3) is 0 Å². The number of carboxylic acids is 1. The number of carbonyl (C=O) groups excluding carboxylic acids is 1. The van der Waals surface area contributed by atoms with E-state index in [1.807, 2.05) is 16.7 Å². The molecule has 0 atom stereocenters. The number of methoxy groups -OCH3 is 4. The third-order valence-corrected chi connectivity index (χ3v) is 6.37. The average molecular weight is 546 g/mol. The summed E-state index contributed by atoms with van der Waals surface area (Å²) in [7, 11) is 5.63. The van der Waals surface area contributed by atoms with E-state index < -0.39 is 11.9 Å². The van der Waals surface area contributed by atoms with E-state index in [0.717, 1.165) is 30.7 Å². The van der Waals surface area contributed by atoms with Crippen molar-refractivity contribution in [2.75, 3.05) is 33.8 Å². The minimum Gasteiger partial charge on any atom is -0.493 e. The number of benzene rings is 2. The van der Waals surface area contributed by atoms with Gasteiger partial charge in [0.25, 0.3) is 0 Å². The van der Waals surface area contributed by atoms with E-state index in [2.05, 4.69) is 17.2 Å². The number of aromatic carboxylic acids is 1. The first kappa shape index (κ1) is 28.6. The van der Waals surface area contributed by atoms with Gasteiger partial charge in [-0.1, -0.05) is 37.1 Å². The van der Waals surface area contributed by atoms with E-state index in [0.29, 0.717) is 23.0 Å². The number of anilines is 1. The van der Waals surface area contributed by atoms with Gasteiger partial charge in [-0.25, -0.2) is 14.6 Å². The van der Waals surface area contributed by atoms with Gasteiger partial charge in [0.05, 0.1) is 57.5 Å². The van der Waals surface area contributed by atoms with Gasteiger partial charge < -0.3 is 33.9 Å². The highest BCUT2D eigenvalue weighted by atomic mass is 35.5. The molecule has 2 aromatic carbocycles. The van der Waals surface area contributed by atoms with Crippen molar-refractivity contribution in [3.05, 3.63) is 63.7 Å². The van der Waals surface area contributed by atoms with Crippen LogP contribution in [-0.4, -0.2) is 55.0 Å². The summed E-state index contributed by atoms with van der Waals surface area (Å²) in [5, 5.41) is 13.4. The Labute approximate surface area is 226 Å². The number of rotatable bonds is 13. The molecule has 204 valence electrons. The molecule has 38 heavy (non-hydrogen) atoms. The quantitative estimate of drug-likeness (QED) is 0.284. The third kappa shape index (κ3) is 6.13. The van der Waals surface area contributed by atoms with Crippen molar-refractivity contribution in [1.29, 1.82) is 0 Å². The van der Waals surface area contributed by atoms with Crippen molar-refractivity contribution in [1.82, 2.24) is 9.55 Å². The van der Waals surface area contributed by atoms with E-state index >= 15 is 0 Å². The summed E-state index contributed by atoms with van der Waals surface area (Å²) in [6.45, 7) is 2.70. The van der Waals surface area contributed by atoms with Crippen molar-refractivity contribution in [2.45, 2.75) is 39.3 Å². The monoisotopic (exact) mass is 545 g/mol. The maximum atomic E-state index is 12.1. The number of halogens is 1. The molecule has 11 heteroatoms. The Kier molecular flexibility index (Phi) is 9.84. The molecule has 0 radical (unpaired) electrons. The highest BCUT2D eigenvalue weighted by molar-refractivity contribution is 6.30. The maximum Gasteiger partial charge on any atom is 0.338 e. The van der Waals surface area contributed by atoms with Gasteiger partial charge in [0.2, 0.25) is 5.75 Å². The fraction of sp³-hybridized carbons (Fsp3) is 0.370. The Bertz CT molecular complexity index is 1290. The Hall–Kier alpha value is -3.92. The number of carboxylic acid groups (broad SMARTS) is 1. The molecule has 10 nitrogen and oxygen atoms in total. The summed E-state index contributed by atoms with van der Waals surface area (Å²) in [5.41, 5.74) is 2.23. The Balaban J connectivity index is 2.02. The Morgan fingerprint density at radius 2 is 1.74 bits per heavy atom. The summed E-state index contributed by atoms with van der Waals surface area (Å²) >= 11 is 6.60. The molecule has 0 fully saturated rings. The zero-order valence-electron chi connectivity index (χ0n) is 22.1. The van der Waals surface area contributed by atoms with Crippen LogP contribution in [0.5, 0.6) is 17.2 Å². The number of ether oxygens (including phenoxy) is 4. The van der Waals surface area contributed by atoms with Gasteiger partial charge in [-0.3, -0.25) is 0 Å². The normalized spacial score (nSPS) is 10.7. The molecule has 2 N–H and O–H groups in total. The highest BCUT2D eigenvalue weighted by Gasteiger charge is 2.25. The lowest BCUT2D eigenvalue weighted by molar-refractivity contribution is 0.0599. The third-order valence-electron chi connectivity index (χ3n) is 6.07. The van der Waals surface area contributed by atoms with Crippen LogP contribution in [0.2, 0.25) is 5.15 Å². The number of nitrogens with zero attached hydrogens (tertiary/aromatic N) is 2. The molecule has 0 aliphatic carbocycles. The minimum atomic E-state index is -1.17. The van der Waals surface area contributed by atoms with Crippen LogP contribution in [0, 0.1) is 0 Å². The first-order valence-electron chi connectivity index (χ1n) is 12.0. The molecule has 0 unspecified atom stereocenters. The Morgan fingerprint density at radius 1 is 1.05 bits per heavy atom. The number of hydrogen-bond donors (Lipinski definition) is 2. The van der Waals surface area contributed by atoms with E-state index in [1.54, 1.807) is 12.1 Å². The second-order valence-electron chi connectivity index (χ2n) is 8.37. The smallest absolute Gasteiger partial charge is 0.338 e. The SMILES string of the molecule is CCCCc1nc(Cl)c(CNc2c(C(=O)O)cc(OC)c(OC)c2OC)n1Cc1ccc(C(=O)OC)cc1. The van der Waals surface area contributed by atoms with Gasteiger partial charge in [-0.05, 0) is 24.1 Å². The van der Waals surface area contributed by atoms with E-state index in [1.165, 1.54) is 34.5 Å². The maximum absolute atomic E-state index is 12.1. The molecule has 1 heterocycles. The van der Waals surface area contributed by atoms with Gasteiger partial charge in [0.15, 0.2) is 16.7 Å². The number of aryl methyl sites for hydroxylation is 1. The highest BCUT2D eigenvalue weighted by Crippen LogP contribution is 2.45. The fourth-order valence-corrected chi connectivity index (χ4v) is 4.37. The van der Waals surface area contributed by atoms with Crippen LogP contribution in [-0.2, 0) is 24.2 Å². The number of carbonyl (C=O) groups is 2. The molecule has 3 rings (SSSR count). The van der Waals surface area contributed by atoms with Gasteiger partial charge >= 0.3 is 11.9 Å². The van der Waals surface area contributed by atoms with Crippen molar-refractivity contribution in [3.63, 3.8) is 0 Å². The first-order valence-corrected chi connectivity index (χ1v) is 12.4. The number of unbranched alkanes of at least 4 members (excludes halogenated alkanes) is 1. The summed E-state index contributed by atoms with van der Waals surface area (Å²) in [6.07, 6.45) is 2.63. The molecule has 1 aromatic heterocycles. The fourth-order valence-electron chi connectivity index (χ4n) is 4.11. The number of nitrogens with one attached hydrogen (secondary N) is 1. The first-order chi connectivity index (χ1) is 18.3. The molecule has 0 amide bonds. The molecular formula is C27H32ClN3O7. The standard InChI is InChI=1S/C27H32ClN3O7/c1-6-7-8-21-30-25(28)19(31(21)15-16-9-11-17(12-10-16)27(34)38-5)14-29-22-18(26(32)33)13-20(35-2)23(36-3)24(22)37-4/h9-13,29H,6-8,14-15H2,1-5H3,(H,32,33). The molecule has 0 saturated heterocycles. The number of aromatic nitrogens is 2. The van der Waals surface area contributed by atoms with Crippen molar-refractivity contribution in [2.24, 2.45) is 0 Å². The van der Waals surface area contributed by atoms with Crippen LogP contribution >= 0.6 is 11.6 Å². The molecular weight excluding hydrogens is 514 g/mol. The largest absolute Gasteiger partial charge is 0.493 e. The molecule has 0 aliphatic heterocycles. The van der Waals surface area contributed by atoms with Crippen LogP contribution in [0.1, 0.15) is 57.6 Å². The van der Waals surface area contributed by atoms with E-state index in [4.69, 9.17) is 30.5 Å². The van der Waals surface area contributed by atoms with E-state index in [-0.39, 0.29) is 35.0 Å². The number of imidazole rings is 1. The lowest BCUT2D eigenvalue weighted by Crippen LogP contribution is -2.14. The summed E-state index contributed by atoms with van der Waals surface area (Å²) in [4.78, 5) is 28.5. The minimum absolute atomic E-state index is 0.0497. The number of esters is 1. The summed E-state index contributed by atoms with van der Waals surface area (Å²) < 4.78 is 23.0. The van der Waals surface area contributed by atoms with Crippen LogP contribution in [0.15, 0.2) is 30.3 Å². The van der Waals surface area contributed by atoms with Gasteiger partial charge in [-0.15, -0.1) is 0 Å². The van der Waals surface area contributed by atoms with Crippen molar-refractivity contribution in [3.8, 4) is 17.2 Å². The topological polar surface area (TPSA) is 121 Å². The lowest BCUT2D eigenvalue weighted by atomic mass is 10.1. The van der Waals surface area contributed by atoms with Crippen LogP contribution < -0.4 is 19.5 Å². The van der Waals surface area contributed by atoms with Crippen LogP contribution in [0.4, 0.5) is 5.69 Å². The van der Waals surface area contributed by atoms with Crippen LogP contribution in [0.3, 0.4) is 0 Å². The Morgan fingerprint density at radius 3 is 2.29 bits per heavy atom. The predicted molar refractivity (Wildman–Crippen MR) is 143 cm³/mol. The predicted octanol–water partition coefficient (Wildman–Crippen LogP) is 5.05.